The molecule has 0 bridgehead atoms. The molecule has 40 heavy (non-hydrogen) atoms. The molecule has 0 radical (unpaired) electrons. The number of hydrogen-bond acceptors (Lipinski definition) is 9. The topological polar surface area (TPSA) is 124 Å². The monoisotopic (exact) mass is 585 g/mol. The van der Waals surface area contributed by atoms with Crippen molar-refractivity contribution in [2.75, 3.05) is 56.2 Å². The van der Waals surface area contributed by atoms with E-state index in [0.717, 1.165) is 26.1 Å². The van der Waals surface area contributed by atoms with Crippen molar-refractivity contribution in [3.63, 3.8) is 0 Å². The average molecular weight is 586 g/mol. The highest BCUT2D eigenvalue weighted by Crippen LogP contribution is 2.40. The third kappa shape index (κ3) is 7.75. The number of methoxy groups -OCH3 is 1. The van der Waals surface area contributed by atoms with Crippen LogP contribution in [0.25, 0.3) is 0 Å². The number of rotatable bonds is 11. The molecule has 3 N–H and O–H groups in total. The highest BCUT2D eigenvalue weighted by Gasteiger charge is 2.20. The van der Waals surface area contributed by atoms with Crippen LogP contribution in [0.1, 0.15) is 12.8 Å². The summed E-state index contributed by atoms with van der Waals surface area (Å²) < 4.78 is 30.1. The lowest BCUT2D eigenvalue weighted by Gasteiger charge is -2.23. The minimum Gasteiger partial charge on any atom is -0.495 e. The minimum absolute atomic E-state index is 0.228. The second-order valence-corrected chi connectivity index (χ2v) is 13.2. The number of ether oxygens (including phenoxy) is 3. The Labute approximate surface area is 238 Å². The summed E-state index contributed by atoms with van der Waals surface area (Å²) in [6, 6.07) is 10.6. The number of aromatic nitrogens is 2. The molecule has 0 atom stereocenters. The van der Waals surface area contributed by atoms with Crippen LogP contribution in [0.4, 0.5) is 28.8 Å². The van der Waals surface area contributed by atoms with E-state index in [1.165, 1.54) is 19.4 Å². The number of benzene rings is 2. The standard InChI is InChI=1S/C28H33ClN5O5P/c1-5-26(35)31-19-6-9-24(37-2)23(14-19)33-28-30-16-21(29)27(34-28)32-22-8-7-20(15-25(22)40(3,4)36)39-17-18-10-12-38-13-11-18/h5-9,14-16,18H,1,10-13,17H2,2-4H3,(H,31,35)(H2,30,32,33,34). The summed E-state index contributed by atoms with van der Waals surface area (Å²) in [6.45, 7) is 8.96. The Hall–Kier alpha value is -3.59. The number of nitrogens with one attached hydrogen (secondary N) is 3. The molecule has 4 rings (SSSR count). The van der Waals surface area contributed by atoms with Crippen molar-refractivity contribution in [3.8, 4) is 11.5 Å². The van der Waals surface area contributed by atoms with Crippen LogP contribution in [0.5, 0.6) is 11.5 Å². The molecule has 1 saturated heterocycles. The molecule has 2 aromatic carbocycles. The molecule has 1 fully saturated rings. The maximum absolute atomic E-state index is 13.2. The SMILES string of the molecule is C=CC(=O)Nc1ccc(OC)c(Nc2ncc(Cl)c(Nc3ccc(OCC4CCOCC4)cc3P(C)(C)=O)n2)c1. The van der Waals surface area contributed by atoms with Crippen molar-refractivity contribution >= 4 is 58.8 Å². The zero-order chi connectivity index (χ0) is 28.7. The Balaban J connectivity index is 1.56. The average Bonchev–Trinajstić information content (AvgIpc) is 2.94. The highest BCUT2D eigenvalue weighted by atomic mass is 35.5. The fourth-order valence-electron chi connectivity index (χ4n) is 4.12. The van der Waals surface area contributed by atoms with Crippen LogP contribution in [-0.4, -0.2) is 56.1 Å². The summed E-state index contributed by atoms with van der Waals surface area (Å²) in [4.78, 5) is 20.5. The van der Waals surface area contributed by atoms with E-state index in [0.29, 0.717) is 52.2 Å². The first-order valence-corrected chi connectivity index (χ1v) is 15.7. The molecule has 10 nitrogen and oxygen atoms in total. The lowest BCUT2D eigenvalue weighted by Crippen LogP contribution is -2.21. The van der Waals surface area contributed by atoms with Crippen LogP contribution >= 0.6 is 18.7 Å². The first-order chi connectivity index (χ1) is 19.2. The number of nitrogens with zero attached hydrogens (tertiary/aromatic N) is 2. The Bertz CT molecular complexity index is 1420. The van der Waals surface area contributed by atoms with Gasteiger partial charge in [0.25, 0.3) is 0 Å². The van der Waals surface area contributed by atoms with Crippen LogP contribution in [0, 0.1) is 5.92 Å². The largest absolute Gasteiger partial charge is 0.495 e. The molecule has 0 unspecified atom stereocenters. The fraction of sp³-hybridized carbons (Fsp3) is 0.321. The summed E-state index contributed by atoms with van der Waals surface area (Å²) in [5.41, 5.74) is 1.66. The lowest BCUT2D eigenvalue weighted by atomic mass is 10.0. The molecule has 1 aliphatic rings. The summed E-state index contributed by atoms with van der Waals surface area (Å²) in [6.07, 6.45) is 4.57. The second kappa shape index (κ2) is 13.2. The van der Waals surface area contributed by atoms with Gasteiger partial charge in [0.05, 0.1) is 31.3 Å². The van der Waals surface area contributed by atoms with Crippen LogP contribution < -0.4 is 30.7 Å². The molecule has 212 valence electrons. The third-order valence-electron chi connectivity index (χ3n) is 6.27. The third-order valence-corrected chi connectivity index (χ3v) is 8.08. The van der Waals surface area contributed by atoms with Gasteiger partial charge < -0.3 is 34.7 Å². The second-order valence-electron chi connectivity index (χ2n) is 9.65. The highest BCUT2D eigenvalue weighted by molar-refractivity contribution is 7.70. The summed E-state index contributed by atoms with van der Waals surface area (Å²) in [5, 5.41) is 9.92. The van der Waals surface area contributed by atoms with Gasteiger partial charge in [0.2, 0.25) is 11.9 Å². The molecule has 1 amide bonds. The summed E-state index contributed by atoms with van der Waals surface area (Å²) in [7, 11) is -1.18. The minimum atomic E-state index is -2.71. The first kappa shape index (κ1) is 29.4. The molecule has 1 aromatic heterocycles. The van der Waals surface area contributed by atoms with Crippen LogP contribution in [0.15, 0.2) is 55.3 Å². The Morgan fingerprint density at radius 3 is 2.65 bits per heavy atom. The quantitative estimate of drug-likeness (QED) is 0.189. The number of amides is 1. The van der Waals surface area contributed by atoms with E-state index in [4.69, 9.17) is 25.8 Å². The van der Waals surface area contributed by atoms with E-state index in [9.17, 15) is 9.36 Å². The van der Waals surface area contributed by atoms with E-state index < -0.39 is 7.14 Å². The zero-order valence-corrected chi connectivity index (χ0v) is 24.3. The zero-order valence-electron chi connectivity index (χ0n) is 22.7. The van der Waals surface area contributed by atoms with E-state index >= 15 is 0 Å². The maximum Gasteiger partial charge on any atom is 0.247 e. The van der Waals surface area contributed by atoms with Gasteiger partial charge >= 0.3 is 0 Å². The number of carbonyl (C=O) groups excluding carboxylic acids is 1. The molecule has 2 heterocycles. The van der Waals surface area contributed by atoms with Crippen LogP contribution in [0.2, 0.25) is 5.02 Å². The van der Waals surface area contributed by atoms with Gasteiger partial charge in [0, 0.05) is 24.2 Å². The van der Waals surface area contributed by atoms with E-state index in [1.807, 2.05) is 18.2 Å². The molecule has 12 heteroatoms. The fourth-order valence-corrected chi connectivity index (χ4v) is 5.41. The van der Waals surface area contributed by atoms with Crippen LogP contribution in [-0.2, 0) is 14.1 Å². The van der Waals surface area contributed by atoms with Gasteiger partial charge in [-0.3, -0.25) is 4.79 Å². The van der Waals surface area contributed by atoms with Crippen molar-refractivity contribution in [3.05, 3.63) is 60.3 Å². The lowest BCUT2D eigenvalue weighted by molar-refractivity contribution is -0.111. The van der Waals surface area contributed by atoms with E-state index in [2.05, 4.69) is 32.5 Å². The first-order valence-electron chi connectivity index (χ1n) is 12.7. The van der Waals surface area contributed by atoms with Crippen LogP contribution in [0.3, 0.4) is 0 Å². The van der Waals surface area contributed by atoms with Gasteiger partial charge in [0.1, 0.15) is 23.7 Å². The molecule has 0 aliphatic carbocycles. The predicted octanol–water partition coefficient (Wildman–Crippen LogP) is 5.80. The smallest absolute Gasteiger partial charge is 0.247 e. The number of hydrogen-bond donors (Lipinski definition) is 3. The predicted molar refractivity (Wildman–Crippen MR) is 160 cm³/mol. The Kier molecular flexibility index (Phi) is 9.68. The van der Waals surface area contributed by atoms with Gasteiger partial charge in [-0.25, -0.2) is 4.98 Å². The van der Waals surface area contributed by atoms with E-state index in [-0.39, 0.29) is 16.9 Å². The number of halogens is 1. The van der Waals surface area contributed by atoms with Gasteiger partial charge in [-0.05, 0) is 74.6 Å². The van der Waals surface area contributed by atoms with Crippen molar-refractivity contribution in [1.29, 1.82) is 0 Å². The van der Waals surface area contributed by atoms with Gasteiger partial charge in [-0.1, -0.05) is 18.2 Å². The van der Waals surface area contributed by atoms with E-state index in [1.54, 1.807) is 31.5 Å². The van der Waals surface area contributed by atoms with Gasteiger partial charge in [-0.15, -0.1) is 0 Å². The summed E-state index contributed by atoms with van der Waals surface area (Å²) in [5.74, 6) is 1.81. The molecule has 0 saturated carbocycles. The molecule has 1 aliphatic heterocycles. The van der Waals surface area contributed by atoms with Gasteiger partial charge in [-0.2, -0.15) is 4.98 Å². The van der Waals surface area contributed by atoms with Crippen molar-refractivity contribution in [2.24, 2.45) is 5.92 Å². The molecular formula is C28H33ClN5O5P. The Morgan fingerprint density at radius 1 is 1.18 bits per heavy atom. The maximum atomic E-state index is 13.2. The van der Waals surface area contributed by atoms with Crippen molar-refractivity contribution in [1.82, 2.24) is 9.97 Å². The number of carbonyl (C=O) groups is 1. The molecule has 0 spiro atoms. The normalized spacial score (nSPS) is 13.8. The van der Waals surface area contributed by atoms with Crippen molar-refractivity contribution < 1.29 is 23.6 Å². The van der Waals surface area contributed by atoms with Gasteiger partial charge in [0.15, 0.2) is 5.82 Å². The molecule has 3 aromatic rings. The van der Waals surface area contributed by atoms with Crippen molar-refractivity contribution in [2.45, 2.75) is 12.8 Å². The Morgan fingerprint density at radius 2 is 1.95 bits per heavy atom. The molecular weight excluding hydrogens is 553 g/mol. The number of anilines is 5. The summed E-state index contributed by atoms with van der Waals surface area (Å²) >= 11 is 6.44.